The molecular weight excluding hydrogens is 354 g/mol. The summed E-state index contributed by atoms with van der Waals surface area (Å²) in [6.45, 7) is 9.91. The fourth-order valence-electron chi connectivity index (χ4n) is 2.82. The molecule has 0 radical (unpaired) electrons. The number of aryl methyl sites for hydroxylation is 3. The summed E-state index contributed by atoms with van der Waals surface area (Å²) in [4.78, 5) is 16.7. The molecule has 0 aliphatic rings. The summed E-state index contributed by atoms with van der Waals surface area (Å²) in [5.74, 6) is 1.33. The molecule has 28 heavy (non-hydrogen) atoms. The van der Waals surface area contributed by atoms with Gasteiger partial charge in [-0.15, -0.1) is 0 Å². The van der Waals surface area contributed by atoms with Gasteiger partial charge < -0.3 is 14.6 Å². The smallest absolute Gasteiger partial charge is 0.261 e. The lowest BCUT2D eigenvalue weighted by molar-refractivity contribution is -0.127. The lowest BCUT2D eigenvalue weighted by atomic mass is 10.1. The van der Waals surface area contributed by atoms with Crippen molar-refractivity contribution in [2.45, 2.75) is 47.3 Å². The minimum Gasteiger partial charge on any atom is -0.481 e. The molecule has 0 bridgehead atoms. The van der Waals surface area contributed by atoms with E-state index in [0.29, 0.717) is 11.7 Å². The first-order valence-corrected chi connectivity index (χ1v) is 9.25. The van der Waals surface area contributed by atoms with Crippen LogP contribution in [0.5, 0.6) is 5.75 Å². The number of carbonyl (C=O) groups excluding carboxylic acids is 1. The van der Waals surface area contributed by atoms with E-state index in [4.69, 9.17) is 9.26 Å². The highest BCUT2D eigenvalue weighted by atomic mass is 16.5. The number of amides is 1. The Morgan fingerprint density at radius 1 is 1.11 bits per heavy atom. The predicted octanol–water partition coefficient (Wildman–Crippen LogP) is 4.05. The topological polar surface area (TPSA) is 77.2 Å². The average Bonchev–Trinajstić information content (AvgIpc) is 3.13. The fraction of sp³-hybridized carbons (Fsp3) is 0.318. The van der Waals surface area contributed by atoms with Gasteiger partial charge in [0.15, 0.2) is 6.10 Å². The van der Waals surface area contributed by atoms with Crippen LogP contribution >= 0.6 is 0 Å². The first kappa shape index (κ1) is 19.6. The van der Waals surface area contributed by atoms with Gasteiger partial charge in [0, 0.05) is 5.56 Å². The monoisotopic (exact) mass is 379 g/mol. The molecule has 6 heteroatoms. The SMILES string of the molecule is Cc1ccc(-c2noc(CNC(=O)[C@@H](C)Oc3cc(C)cc(C)c3C)n2)cc1. The van der Waals surface area contributed by atoms with Crippen LogP contribution in [0.3, 0.4) is 0 Å². The number of aromatic nitrogens is 2. The van der Waals surface area contributed by atoms with Crippen molar-refractivity contribution < 1.29 is 14.1 Å². The summed E-state index contributed by atoms with van der Waals surface area (Å²) < 4.78 is 11.1. The molecule has 1 atom stereocenters. The minimum absolute atomic E-state index is 0.150. The number of nitrogens with one attached hydrogen (secondary N) is 1. The Hall–Kier alpha value is -3.15. The van der Waals surface area contributed by atoms with E-state index in [1.54, 1.807) is 6.92 Å². The number of rotatable bonds is 6. The van der Waals surface area contributed by atoms with E-state index in [-0.39, 0.29) is 12.5 Å². The Bertz CT molecular complexity index is 977. The van der Waals surface area contributed by atoms with Crippen molar-refractivity contribution in [3.63, 3.8) is 0 Å². The van der Waals surface area contributed by atoms with Crippen molar-refractivity contribution in [3.8, 4) is 17.1 Å². The lowest BCUT2D eigenvalue weighted by Gasteiger charge is -2.17. The maximum Gasteiger partial charge on any atom is 0.261 e. The van der Waals surface area contributed by atoms with Crippen LogP contribution < -0.4 is 10.1 Å². The molecule has 3 aromatic rings. The highest BCUT2D eigenvalue weighted by molar-refractivity contribution is 5.80. The summed E-state index contributed by atoms with van der Waals surface area (Å²) >= 11 is 0. The molecule has 0 fully saturated rings. The lowest BCUT2D eigenvalue weighted by Crippen LogP contribution is -2.36. The van der Waals surface area contributed by atoms with E-state index in [1.165, 1.54) is 0 Å². The second kappa shape index (κ2) is 8.25. The van der Waals surface area contributed by atoms with Crippen molar-refractivity contribution in [2.75, 3.05) is 0 Å². The highest BCUT2D eigenvalue weighted by Crippen LogP contribution is 2.24. The summed E-state index contributed by atoms with van der Waals surface area (Å²) in [6, 6.07) is 11.9. The summed E-state index contributed by atoms with van der Waals surface area (Å²) in [5.41, 5.74) is 5.30. The Kier molecular flexibility index (Phi) is 5.78. The van der Waals surface area contributed by atoms with Gasteiger partial charge in [-0.1, -0.05) is 41.1 Å². The average molecular weight is 379 g/mol. The van der Waals surface area contributed by atoms with Crippen LogP contribution in [0.25, 0.3) is 11.4 Å². The third kappa shape index (κ3) is 4.57. The summed E-state index contributed by atoms with van der Waals surface area (Å²) in [7, 11) is 0. The second-order valence-electron chi connectivity index (χ2n) is 7.06. The van der Waals surface area contributed by atoms with Gasteiger partial charge in [-0.05, 0) is 57.4 Å². The molecule has 146 valence electrons. The molecule has 0 aliphatic heterocycles. The number of ether oxygens (including phenoxy) is 1. The van der Waals surface area contributed by atoms with Crippen molar-refractivity contribution in [1.29, 1.82) is 0 Å². The Balaban J connectivity index is 1.59. The molecular formula is C22H25N3O3. The number of carbonyl (C=O) groups is 1. The third-order valence-corrected chi connectivity index (χ3v) is 4.63. The van der Waals surface area contributed by atoms with E-state index < -0.39 is 6.10 Å². The number of hydrogen-bond donors (Lipinski definition) is 1. The molecule has 1 aromatic heterocycles. The van der Waals surface area contributed by atoms with Crippen molar-refractivity contribution in [1.82, 2.24) is 15.5 Å². The van der Waals surface area contributed by atoms with E-state index in [1.807, 2.05) is 58.0 Å². The van der Waals surface area contributed by atoms with Gasteiger partial charge in [0.25, 0.3) is 5.91 Å². The zero-order chi connectivity index (χ0) is 20.3. The zero-order valence-electron chi connectivity index (χ0n) is 16.9. The van der Waals surface area contributed by atoms with E-state index >= 15 is 0 Å². The standard InChI is InChI=1S/C22H25N3O3/c1-13-6-8-18(9-7-13)21-24-20(28-25-21)12-23-22(26)17(5)27-19-11-14(2)10-15(3)16(19)4/h6-11,17H,12H2,1-5H3,(H,23,26)/t17-/m1/s1. The fourth-order valence-corrected chi connectivity index (χ4v) is 2.82. The molecule has 0 aliphatic carbocycles. The van der Waals surface area contributed by atoms with E-state index in [9.17, 15) is 4.79 Å². The third-order valence-electron chi connectivity index (χ3n) is 4.63. The molecule has 2 aromatic carbocycles. The maximum absolute atomic E-state index is 12.4. The van der Waals surface area contributed by atoms with Crippen LogP contribution in [0.2, 0.25) is 0 Å². The molecule has 3 rings (SSSR count). The van der Waals surface area contributed by atoms with Crippen LogP contribution in [-0.2, 0) is 11.3 Å². The molecule has 0 saturated carbocycles. The van der Waals surface area contributed by atoms with Crippen molar-refractivity contribution >= 4 is 5.91 Å². The van der Waals surface area contributed by atoms with Crippen LogP contribution in [0.1, 0.15) is 35.1 Å². The Morgan fingerprint density at radius 3 is 2.54 bits per heavy atom. The molecule has 0 saturated heterocycles. The van der Waals surface area contributed by atoms with Crippen molar-refractivity contribution in [2.24, 2.45) is 0 Å². The molecule has 0 spiro atoms. The maximum atomic E-state index is 12.4. The van der Waals surface area contributed by atoms with Crippen LogP contribution in [-0.4, -0.2) is 22.2 Å². The van der Waals surface area contributed by atoms with Crippen LogP contribution in [0.4, 0.5) is 0 Å². The molecule has 0 unspecified atom stereocenters. The van der Waals surface area contributed by atoms with Gasteiger partial charge in [-0.25, -0.2) is 0 Å². The van der Waals surface area contributed by atoms with Gasteiger partial charge in [0.1, 0.15) is 5.75 Å². The van der Waals surface area contributed by atoms with Gasteiger partial charge in [0.2, 0.25) is 11.7 Å². The van der Waals surface area contributed by atoms with Gasteiger partial charge >= 0.3 is 0 Å². The van der Waals surface area contributed by atoms with Crippen LogP contribution in [0, 0.1) is 27.7 Å². The summed E-state index contributed by atoms with van der Waals surface area (Å²) in [6.07, 6.45) is -0.639. The first-order valence-electron chi connectivity index (χ1n) is 9.25. The molecule has 6 nitrogen and oxygen atoms in total. The van der Waals surface area contributed by atoms with Gasteiger partial charge in [0.05, 0.1) is 6.54 Å². The number of hydrogen-bond acceptors (Lipinski definition) is 5. The predicted molar refractivity (Wildman–Crippen MR) is 107 cm³/mol. The van der Waals surface area contributed by atoms with E-state index in [2.05, 4.69) is 21.5 Å². The largest absolute Gasteiger partial charge is 0.481 e. The normalized spacial score (nSPS) is 11.9. The molecule has 1 heterocycles. The quantitative estimate of drug-likeness (QED) is 0.699. The molecule has 1 N–H and O–H groups in total. The summed E-state index contributed by atoms with van der Waals surface area (Å²) in [5, 5.41) is 6.75. The van der Waals surface area contributed by atoms with Gasteiger partial charge in [-0.2, -0.15) is 4.98 Å². The highest BCUT2D eigenvalue weighted by Gasteiger charge is 2.18. The van der Waals surface area contributed by atoms with Crippen LogP contribution in [0.15, 0.2) is 40.9 Å². The second-order valence-corrected chi connectivity index (χ2v) is 7.06. The van der Waals surface area contributed by atoms with Crippen molar-refractivity contribution in [3.05, 3.63) is 64.5 Å². The molecule has 1 amide bonds. The number of benzene rings is 2. The first-order chi connectivity index (χ1) is 13.3. The van der Waals surface area contributed by atoms with E-state index in [0.717, 1.165) is 33.6 Å². The Morgan fingerprint density at radius 2 is 1.82 bits per heavy atom. The minimum atomic E-state index is -0.639. The Labute approximate surface area is 164 Å². The van der Waals surface area contributed by atoms with Gasteiger partial charge in [-0.3, -0.25) is 4.79 Å². The zero-order valence-corrected chi connectivity index (χ0v) is 16.9. The number of nitrogens with zero attached hydrogens (tertiary/aromatic N) is 2.